The second kappa shape index (κ2) is 7.90. The van der Waals surface area contributed by atoms with Gasteiger partial charge in [0.15, 0.2) is 5.82 Å². The van der Waals surface area contributed by atoms with Crippen LogP contribution in [-0.2, 0) is 11.8 Å². The van der Waals surface area contributed by atoms with Crippen LogP contribution in [0.1, 0.15) is 11.3 Å². The van der Waals surface area contributed by atoms with E-state index in [0.717, 1.165) is 46.9 Å². The van der Waals surface area contributed by atoms with Crippen LogP contribution in [0.5, 0.6) is 5.75 Å². The summed E-state index contributed by atoms with van der Waals surface area (Å²) in [5, 5.41) is 4.46. The molecule has 1 aliphatic rings. The average molecular weight is 392 g/mol. The molecule has 2 aromatic heterocycles. The van der Waals surface area contributed by atoms with E-state index in [1.54, 1.807) is 19.5 Å². The summed E-state index contributed by atoms with van der Waals surface area (Å²) >= 11 is 0. The summed E-state index contributed by atoms with van der Waals surface area (Å²) in [6.07, 6.45) is 5.05. The van der Waals surface area contributed by atoms with Gasteiger partial charge in [-0.05, 0) is 30.7 Å². The van der Waals surface area contributed by atoms with Crippen LogP contribution in [0.4, 0.5) is 5.82 Å². The van der Waals surface area contributed by atoms with E-state index in [1.165, 1.54) is 0 Å². The standard InChI is InChI=1S/C21H24N6O2/c1-15-19-20(25(2)24-15)21(23-14-22-19)27-12-10-26(11-13-27)18(28)9-6-16-4-7-17(29-3)8-5-16/h4-9,14H,10-13H2,1-3H3/b9-6+. The molecule has 0 N–H and O–H groups in total. The summed E-state index contributed by atoms with van der Waals surface area (Å²) in [7, 11) is 3.54. The first-order valence-electron chi connectivity index (χ1n) is 9.57. The second-order valence-electron chi connectivity index (χ2n) is 7.02. The Morgan fingerprint density at radius 3 is 2.52 bits per heavy atom. The Labute approximate surface area is 169 Å². The number of piperazine rings is 1. The van der Waals surface area contributed by atoms with Gasteiger partial charge in [-0.1, -0.05) is 12.1 Å². The molecule has 0 spiro atoms. The number of hydrogen-bond acceptors (Lipinski definition) is 6. The van der Waals surface area contributed by atoms with Crippen LogP contribution in [0, 0.1) is 6.92 Å². The SMILES string of the molecule is COc1ccc(/C=C/C(=O)N2CCN(c3ncnc4c(C)nn(C)c34)CC2)cc1. The normalized spacial score (nSPS) is 14.7. The van der Waals surface area contributed by atoms with Crippen LogP contribution in [0.15, 0.2) is 36.7 Å². The summed E-state index contributed by atoms with van der Waals surface area (Å²) in [6.45, 7) is 4.68. The zero-order valence-electron chi connectivity index (χ0n) is 16.9. The number of anilines is 1. The first kappa shape index (κ1) is 18.9. The summed E-state index contributed by atoms with van der Waals surface area (Å²) in [5.74, 6) is 1.69. The van der Waals surface area contributed by atoms with Crippen molar-refractivity contribution >= 4 is 28.8 Å². The predicted molar refractivity (Wildman–Crippen MR) is 112 cm³/mol. The zero-order valence-corrected chi connectivity index (χ0v) is 16.9. The van der Waals surface area contributed by atoms with Crippen LogP contribution in [-0.4, -0.2) is 63.8 Å². The molecule has 1 amide bonds. The largest absolute Gasteiger partial charge is 0.497 e. The highest BCUT2D eigenvalue weighted by atomic mass is 16.5. The summed E-state index contributed by atoms with van der Waals surface area (Å²) in [6, 6.07) is 7.62. The van der Waals surface area contributed by atoms with Crippen LogP contribution >= 0.6 is 0 Å². The maximum absolute atomic E-state index is 12.6. The van der Waals surface area contributed by atoms with E-state index in [0.29, 0.717) is 13.1 Å². The molecule has 150 valence electrons. The quantitative estimate of drug-likeness (QED) is 0.633. The zero-order chi connectivity index (χ0) is 20.4. The minimum Gasteiger partial charge on any atom is -0.497 e. The van der Waals surface area contributed by atoms with E-state index in [1.807, 2.05) is 53.9 Å². The molecule has 0 bridgehead atoms. The Balaban J connectivity index is 1.41. The lowest BCUT2D eigenvalue weighted by Crippen LogP contribution is -2.48. The van der Waals surface area contributed by atoms with Crippen molar-refractivity contribution in [3.63, 3.8) is 0 Å². The van der Waals surface area contributed by atoms with Gasteiger partial charge in [-0.15, -0.1) is 0 Å². The van der Waals surface area contributed by atoms with Crippen molar-refractivity contribution in [1.29, 1.82) is 0 Å². The highest BCUT2D eigenvalue weighted by Crippen LogP contribution is 2.25. The minimum absolute atomic E-state index is 0.0182. The monoisotopic (exact) mass is 392 g/mol. The van der Waals surface area contributed by atoms with Gasteiger partial charge in [0.2, 0.25) is 5.91 Å². The number of hydrogen-bond donors (Lipinski definition) is 0. The number of nitrogens with zero attached hydrogens (tertiary/aromatic N) is 6. The number of carbonyl (C=O) groups excluding carboxylic acids is 1. The third kappa shape index (κ3) is 3.78. The van der Waals surface area contributed by atoms with E-state index in [-0.39, 0.29) is 5.91 Å². The lowest BCUT2D eigenvalue weighted by atomic mass is 10.2. The molecule has 3 heterocycles. The van der Waals surface area contributed by atoms with Crippen molar-refractivity contribution in [2.75, 3.05) is 38.2 Å². The van der Waals surface area contributed by atoms with Gasteiger partial charge in [-0.3, -0.25) is 9.48 Å². The Bertz CT molecular complexity index is 1050. The Morgan fingerprint density at radius 1 is 1.10 bits per heavy atom. The number of methoxy groups -OCH3 is 1. The van der Waals surface area contributed by atoms with E-state index in [2.05, 4.69) is 20.0 Å². The third-order valence-electron chi connectivity index (χ3n) is 5.19. The number of aryl methyl sites for hydroxylation is 2. The van der Waals surface area contributed by atoms with E-state index in [4.69, 9.17) is 4.74 Å². The smallest absolute Gasteiger partial charge is 0.246 e. The van der Waals surface area contributed by atoms with Gasteiger partial charge in [0.1, 0.15) is 23.1 Å². The number of benzene rings is 1. The number of rotatable bonds is 4. The van der Waals surface area contributed by atoms with Crippen LogP contribution in [0.2, 0.25) is 0 Å². The van der Waals surface area contributed by atoms with Crippen molar-refractivity contribution in [1.82, 2.24) is 24.6 Å². The lowest BCUT2D eigenvalue weighted by Gasteiger charge is -2.35. The van der Waals surface area contributed by atoms with Crippen molar-refractivity contribution in [2.24, 2.45) is 7.05 Å². The maximum Gasteiger partial charge on any atom is 0.246 e. The van der Waals surface area contributed by atoms with E-state index >= 15 is 0 Å². The lowest BCUT2D eigenvalue weighted by molar-refractivity contribution is -0.126. The molecule has 1 fully saturated rings. The van der Waals surface area contributed by atoms with Gasteiger partial charge in [0, 0.05) is 39.3 Å². The van der Waals surface area contributed by atoms with E-state index < -0.39 is 0 Å². The molecule has 0 radical (unpaired) electrons. The number of aromatic nitrogens is 4. The molecule has 4 rings (SSSR count). The second-order valence-corrected chi connectivity index (χ2v) is 7.02. The minimum atomic E-state index is 0.0182. The first-order chi connectivity index (χ1) is 14.1. The molecule has 8 nitrogen and oxygen atoms in total. The van der Waals surface area contributed by atoms with E-state index in [9.17, 15) is 4.79 Å². The molecule has 1 saturated heterocycles. The van der Waals surface area contributed by atoms with Crippen LogP contribution in [0.3, 0.4) is 0 Å². The van der Waals surface area contributed by atoms with Crippen molar-refractivity contribution in [2.45, 2.75) is 6.92 Å². The molecular weight excluding hydrogens is 368 g/mol. The fourth-order valence-electron chi connectivity index (χ4n) is 3.61. The van der Waals surface area contributed by atoms with Gasteiger partial charge in [0.25, 0.3) is 0 Å². The average Bonchev–Trinajstić information content (AvgIpc) is 3.06. The number of carbonyl (C=O) groups is 1. The Hall–Kier alpha value is -3.42. The maximum atomic E-state index is 12.6. The third-order valence-corrected chi connectivity index (χ3v) is 5.19. The van der Waals surface area contributed by atoms with Crippen molar-refractivity contribution < 1.29 is 9.53 Å². The first-order valence-corrected chi connectivity index (χ1v) is 9.57. The van der Waals surface area contributed by atoms with Gasteiger partial charge in [-0.25, -0.2) is 9.97 Å². The van der Waals surface area contributed by atoms with Crippen LogP contribution in [0.25, 0.3) is 17.1 Å². The summed E-state index contributed by atoms with van der Waals surface area (Å²) in [4.78, 5) is 25.5. The van der Waals surface area contributed by atoms with Gasteiger partial charge >= 0.3 is 0 Å². The molecule has 1 aromatic carbocycles. The van der Waals surface area contributed by atoms with Gasteiger partial charge in [-0.2, -0.15) is 5.10 Å². The van der Waals surface area contributed by atoms with Crippen molar-refractivity contribution in [3.8, 4) is 5.75 Å². The number of fused-ring (bicyclic) bond motifs is 1. The molecule has 3 aromatic rings. The molecule has 1 aliphatic heterocycles. The molecule has 0 aliphatic carbocycles. The van der Waals surface area contributed by atoms with Crippen LogP contribution < -0.4 is 9.64 Å². The topological polar surface area (TPSA) is 76.4 Å². The number of ether oxygens (including phenoxy) is 1. The molecule has 8 heteroatoms. The Kier molecular flexibility index (Phi) is 5.16. The molecule has 0 unspecified atom stereocenters. The number of amides is 1. The highest BCUT2D eigenvalue weighted by molar-refractivity contribution is 5.92. The summed E-state index contributed by atoms with van der Waals surface area (Å²) < 4.78 is 6.98. The molecule has 29 heavy (non-hydrogen) atoms. The van der Waals surface area contributed by atoms with Crippen molar-refractivity contribution in [3.05, 3.63) is 47.9 Å². The summed E-state index contributed by atoms with van der Waals surface area (Å²) in [5.41, 5.74) is 3.67. The van der Waals surface area contributed by atoms with Gasteiger partial charge in [0.05, 0.1) is 12.8 Å². The Morgan fingerprint density at radius 2 is 1.83 bits per heavy atom. The van der Waals surface area contributed by atoms with Gasteiger partial charge < -0.3 is 14.5 Å². The molecule has 0 saturated carbocycles. The fraction of sp³-hybridized carbons (Fsp3) is 0.333. The fourth-order valence-corrected chi connectivity index (χ4v) is 3.61. The highest BCUT2D eigenvalue weighted by Gasteiger charge is 2.23. The molecule has 0 atom stereocenters. The molecular formula is C21H24N6O2. The predicted octanol–water partition coefficient (Wildman–Crippen LogP) is 2.04.